The number of para-hydroxylation sites is 1. The van der Waals surface area contributed by atoms with Crippen molar-refractivity contribution in [2.24, 2.45) is 0 Å². The molecule has 3 aromatic carbocycles. The molecular weight excluding hydrogens is 274 g/mol. The third kappa shape index (κ3) is 2.03. The molecule has 3 aromatic rings. The Bertz CT molecular complexity index is 899. The maximum absolute atomic E-state index is 10.3. The van der Waals surface area contributed by atoms with E-state index in [2.05, 4.69) is 5.32 Å². The minimum Gasteiger partial charge on any atom is -0.508 e. The molecule has 1 heterocycles. The van der Waals surface area contributed by atoms with Crippen LogP contribution in [-0.4, -0.2) is 16.4 Å². The molecule has 22 heavy (non-hydrogen) atoms. The van der Waals surface area contributed by atoms with Crippen molar-refractivity contribution >= 4 is 28.1 Å². The molecule has 0 bridgehead atoms. The quantitative estimate of drug-likeness (QED) is 0.638. The second-order valence-electron chi connectivity index (χ2n) is 5.45. The first-order valence-corrected chi connectivity index (χ1v) is 7.20. The summed E-state index contributed by atoms with van der Waals surface area (Å²) in [4.78, 5) is 0. The highest BCUT2D eigenvalue weighted by Crippen LogP contribution is 2.36. The Hall–Kier alpha value is -2.78. The Balaban J connectivity index is 1.94. The van der Waals surface area contributed by atoms with Gasteiger partial charge in [0.05, 0.1) is 0 Å². The van der Waals surface area contributed by atoms with Gasteiger partial charge in [-0.2, -0.15) is 0 Å². The zero-order valence-corrected chi connectivity index (χ0v) is 11.8. The Morgan fingerprint density at radius 1 is 0.955 bits per heavy atom. The fourth-order valence-corrected chi connectivity index (χ4v) is 3.00. The molecule has 108 valence electrons. The second kappa shape index (κ2) is 4.90. The summed E-state index contributed by atoms with van der Waals surface area (Å²) in [6.07, 6.45) is 1.20. The molecule has 0 fully saturated rings. The first kappa shape index (κ1) is 12.9. The van der Waals surface area contributed by atoms with E-state index in [1.54, 1.807) is 12.1 Å². The lowest BCUT2D eigenvalue weighted by molar-refractivity contribution is 0.266. The number of benzene rings is 3. The largest absolute Gasteiger partial charge is 0.508 e. The van der Waals surface area contributed by atoms with E-state index < -0.39 is 6.23 Å². The van der Waals surface area contributed by atoms with E-state index in [1.165, 1.54) is 0 Å². The van der Waals surface area contributed by atoms with Crippen molar-refractivity contribution in [1.29, 1.82) is 0 Å². The first-order valence-electron chi connectivity index (χ1n) is 7.20. The van der Waals surface area contributed by atoms with Gasteiger partial charge in [-0.1, -0.05) is 42.5 Å². The molecule has 0 saturated carbocycles. The molecule has 3 heteroatoms. The number of hydrogen-bond acceptors (Lipinski definition) is 3. The number of fused-ring (bicyclic) bond motifs is 2. The molecule has 0 aromatic heterocycles. The second-order valence-corrected chi connectivity index (χ2v) is 5.45. The summed E-state index contributed by atoms with van der Waals surface area (Å²) < 4.78 is 0. The Kier molecular flexibility index (Phi) is 2.88. The van der Waals surface area contributed by atoms with Gasteiger partial charge < -0.3 is 15.5 Å². The van der Waals surface area contributed by atoms with Crippen LogP contribution in [0.1, 0.15) is 11.1 Å². The summed E-state index contributed by atoms with van der Waals surface area (Å²) in [6.45, 7) is 0. The molecule has 4 rings (SSSR count). The smallest absolute Gasteiger partial charge is 0.151 e. The van der Waals surface area contributed by atoms with Crippen molar-refractivity contribution in [3.8, 4) is 5.75 Å². The van der Waals surface area contributed by atoms with Gasteiger partial charge in [0.25, 0.3) is 0 Å². The van der Waals surface area contributed by atoms with Gasteiger partial charge in [-0.05, 0) is 40.6 Å². The van der Waals surface area contributed by atoms with E-state index in [1.807, 2.05) is 54.6 Å². The van der Waals surface area contributed by atoms with Gasteiger partial charge in [-0.25, -0.2) is 0 Å². The van der Waals surface area contributed by atoms with Gasteiger partial charge in [-0.3, -0.25) is 0 Å². The number of phenols is 1. The lowest BCUT2D eigenvalue weighted by Gasteiger charge is -2.08. The molecule has 0 aliphatic carbocycles. The monoisotopic (exact) mass is 289 g/mol. The normalized spacial score (nSPS) is 18.4. The Labute approximate surface area is 128 Å². The number of nitrogens with one attached hydrogen (secondary N) is 1. The summed E-state index contributed by atoms with van der Waals surface area (Å²) in [7, 11) is 0. The number of aliphatic hydroxyl groups is 1. The van der Waals surface area contributed by atoms with Gasteiger partial charge in [-0.15, -0.1) is 0 Å². The summed E-state index contributed by atoms with van der Waals surface area (Å²) in [5, 5.41) is 25.3. The molecule has 1 atom stereocenters. The molecule has 3 nitrogen and oxygen atoms in total. The number of aromatic hydroxyl groups is 1. The number of aliphatic hydroxyl groups excluding tert-OH is 1. The van der Waals surface area contributed by atoms with Crippen molar-refractivity contribution in [1.82, 2.24) is 0 Å². The zero-order chi connectivity index (χ0) is 15.1. The van der Waals surface area contributed by atoms with Gasteiger partial charge in [0.1, 0.15) is 5.75 Å². The predicted octanol–water partition coefficient (Wildman–Crippen LogP) is 3.83. The van der Waals surface area contributed by atoms with Crippen LogP contribution in [0.15, 0.2) is 60.7 Å². The molecule has 1 aliphatic rings. The third-order valence-electron chi connectivity index (χ3n) is 4.01. The summed E-state index contributed by atoms with van der Waals surface area (Å²) in [6, 6.07) is 19.2. The van der Waals surface area contributed by atoms with Crippen molar-refractivity contribution < 1.29 is 10.2 Å². The summed E-state index contributed by atoms with van der Waals surface area (Å²) in [5.41, 5.74) is 3.61. The molecule has 1 unspecified atom stereocenters. The molecule has 0 spiro atoms. The van der Waals surface area contributed by atoms with Crippen molar-refractivity contribution in [3.63, 3.8) is 0 Å². The SMILES string of the molecule is Oc1cc(C=C2c3ccccc3NC2O)c2ccccc2c1. The maximum Gasteiger partial charge on any atom is 0.151 e. The van der Waals surface area contributed by atoms with Gasteiger partial charge in [0.15, 0.2) is 6.23 Å². The average Bonchev–Trinajstić information content (AvgIpc) is 2.83. The van der Waals surface area contributed by atoms with Crippen LogP contribution in [0.3, 0.4) is 0 Å². The number of rotatable bonds is 1. The highest BCUT2D eigenvalue weighted by atomic mass is 16.3. The molecule has 0 amide bonds. The average molecular weight is 289 g/mol. The molecule has 0 saturated heterocycles. The van der Waals surface area contributed by atoms with Gasteiger partial charge in [0.2, 0.25) is 0 Å². The van der Waals surface area contributed by atoms with Crippen LogP contribution in [0.4, 0.5) is 5.69 Å². The van der Waals surface area contributed by atoms with Crippen LogP contribution >= 0.6 is 0 Å². The third-order valence-corrected chi connectivity index (χ3v) is 4.01. The fourth-order valence-electron chi connectivity index (χ4n) is 3.00. The maximum atomic E-state index is 10.3. The predicted molar refractivity (Wildman–Crippen MR) is 89.6 cm³/mol. The van der Waals surface area contributed by atoms with Crippen molar-refractivity contribution in [3.05, 3.63) is 71.8 Å². The van der Waals surface area contributed by atoms with Crippen LogP contribution in [0.5, 0.6) is 5.75 Å². The van der Waals surface area contributed by atoms with Crippen molar-refractivity contribution in [2.75, 3.05) is 5.32 Å². The van der Waals surface area contributed by atoms with Gasteiger partial charge in [0, 0.05) is 16.8 Å². The standard InChI is InChI=1S/C19H15NO2/c21-14-9-12-5-1-2-6-15(12)13(10-14)11-17-16-7-3-4-8-18(16)20-19(17)22/h1-11,19-22H. The first-order chi connectivity index (χ1) is 10.7. The van der Waals surface area contributed by atoms with Crippen molar-refractivity contribution in [2.45, 2.75) is 6.23 Å². The van der Waals surface area contributed by atoms with E-state index in [0.717, 1.165) is 33.2 Å². The van der Waals surface area contributed by atoms with Crippen LogP contribution in [0, 0.1) is 0 Å². The van der Waals surface area contributed by atoms with E-state index >= 15 is 0 Å². The van der Waals surface area contributed by atoms with Crippen LogP contribution < -0.4 is 5.32 Å². The minimum absolute atomic E-state index is 0.222. The van der Waals surface area contributed by atoms with E-state index in [4.69, 9.17) is 0 Å². The lowest BCUT2D eigenvalue weighted by Crippen LogP contribution is -2.12. The van der Waals surface area contributed by atoms with Crippen LogP contribution in [0.25, 0.3) is 22.4 Å². The van der Waals surface area contributed by atoms with E-state index in [9.17, 15) is 10.2 Å². The summed E-state index contributed by atoms with van der Waals surface area (Å²) >= 11 is 0. The van der Waals surface area contributed by atoms with Crippen LogP contribution in [0.2, 0.25) is 0 Å². The number of phenolic OH excluding ortho intramolecular Hbond substituents is 1. The van der Waals surface area contributed by atoms with Gasteiger partial charge >= 0.3 is 0 Å². The fraction of sp³-hybridized carbons (Fsp3) is 0.0526. The van der Waals surface area contributed by atoms with E-state index in [0.29, 0.717) is 0 Å². The lowest BCUT2D eigenvalue weighted by atomic mass is 9.99. The molecule has 0 radical (unpaired) electrons. The molecular formula is C19H15NO2. The molecule has 1 aliphatic heterocycles. The minimum atomic E-state index is -0.737. The molecule has 3 N–H and O–H groups in total. The van der Waals surface area contributed by atoms with Crippen LogP contribution in [-0.2, 0) is 0 Å². The topological polar surface area (TPSA) is 52.5 Å². The number of hydrogen-bond donors (Lipinski definition) is 3. The van der Waals surface area contributed by atoms with E-state index in [-0.39, 0.29) is 5.75 Å². The zero-order valence-electron chi connectivity index (χ0n) is 11.8. The highest BCUT2D eigenvalue weighted by Gasteiger charge is 2.23. The highest BCUT2D eigenvalue weighted by molar-refractivity contribution is 6.00. The summed E-state index contributed by atoms with van der Waals surface area (Å²) in [5.74, 6) is 0.222. The number of anilines is 1. The Morgan fingerprint density at radius 3 is 2.64 bits per heavy atom. The Morgan fingerprint density at radius 2 is 1.73 bits per heavy atom.